The fourth-order valence-corrected chi connectivity index (χ4v) is 1.76. The summed E-state index contributed by atoms with van der Waals surface area (Å²) in [6, 6.07) is 0. The van der Waals surface area contributed by atoms with Gasteiger partial charge in [-0.15, -0.1) is 0 Å². The summed E-state index contributed by atoms with van der Waals surface area (Å²) in [6.45, 7) is 5.57. The molecule has 1 fully saturated rings. The van der Waals surface area contributed by atoms with E-state index in [1.165, 1.54) is 19.4 Å². The lowest BCUT2D eigenvalue weighted by Gasteiger charge is -2.22. The van der Waals surface area contributed by atoms with Crippen molar-refractivity contribution in [3.63, 3.8) is 0 Å². The van der Waals surface area contributed by atoms with Gasteiger partial charge in [0, 0.05) is 6.61 Å². The average Bonchev–Trinajstić information content (AvgIpc) is 2.25. The molecule has 2 atom stereocenters. The highest BCUT2D eigenvalue weighted by atomic mass is 16.5. The van der Waals surface area contributed by atoms with Crippen LogP contribution in [0, 0.1) is 5.92 Å². The van der Waals surface area contributed by atoms with Gasteiger partial charge >= 0.3 is 0 Å². The first-order valence-electron chi connectivity index (χ1n) is 5.79. The van der Waals surface area contributed by atoms with E-state index in [9.17, 15) is 5.11 Å². The predicted octanol–water partition coefficient (Wildman–Crippen LogP) is 1.16. The molecule has 3 heteroatoms. The molecule has 1 rings (SSSR count). The minimum absolute atomic E-state index is 0.278. The van der Waals surface area contributed by atoms with Gasteiger partial charge in [0.15, 0.2) is 0 Å². The smallest absolute Gasteiger partial charge is 0.0771 e. The molecule has 3 nitrogen and oxygen atoms in total. The van der Waals surface area contributed by atoms with Crippen molar-refractivity contribution in [3.05, 3.63) is 0 Å². The van der Waals surface area contributed by atoms with Gasteiger partial charge in [-0.1, -0.05) is 6.92 Å². The number of nitrogens with one attached hydrogen (secondary N) is 1. The summed E-state index contributed by atoms with van der Waals surface area (Å²) in [5, 5.41) is 12.6. The standard InChI is InChI=1S/C11H23NO2/c1-2-11(13)9-14-7-5-10-4-3-6-12-8-10/h10-13H,2-9H2,1H3. The monoisotopic (exact) mass is 201 g/mol. The summed E-state index contributed by atoms with van der Waals surface area (Å²) in [7, 11) is 0. The third kappa shape index (κ3) is 4.94. The Hall–Kier alpha value is -0.120. The number of ether oxygens (including phenoxy) is 1. The highest BCUT2D eigenvalue weighted by Gasteiger charge is 2.12. The normalized spacial score (nSPS) is 24.9. The van der Waals surface area contributed by atoms with Gasteiger partial charge in [0.05, 0.1) is 12.7 Å². The van der Waals surface area contributed by atoms with Gasteiger partial charge < -0.3 is 15.2 Å². The topological polar surface area (TPSA) is 41.5 Å². The molecule has 0 bridgehead atoms. The molecule has 1 saturated heterocycles. The molecule has 14 heavy (non-hydrogen) atoms. The van der Waals surface area contributed by atoms with E-state index < -0.39 is 0 Å². The van der Waals surface area contributed by atoms with Gasteiger partial charge in [0.2, 0.25) is 0 Å². The fourth-order valence-electron chi connectivity index (χ4n) is 1.76. The molecule has 0 aromatic carbocycles. The summed E-state index contributed by atoms with van der Waals surface area (Å²) in [5.74, 6) is 0.780. The van der Waals surface area contributed by atoms with Gasteiger partial charge in [-0.05, 0) is 44.7 Å². The predicted molar refractivity (Wildman–Crippen MR) is 57.3 cm³/mol. The van der Waals surface area contributed by atoms with Gasteiger partial charge in [-0.2, -0.15) is 0 Å². The Labute approximate surface area is 86.8 Å². The molecule has 1 heterocycles. The minimum Gasteiger partial charge on any atom is -0.391 e. The van der Waals surface area contributed by atoms with E-state index in [0.717, 1.165) is 31.9 Å². The number of aliphatic hydroxyl groups is 1. The second-order valence-electron chi connectivity index (χ2n) is 4.14. The number of aliphatic hydroxyl groups excluding tert-OH is 1. The summed E-state index contributed by atoms with van der Waals surface area (Å²) < 4.78 is 5.41. The van der Waals surface area contributed by atoms with Gasteiger partial charge in [-0.25, -0.2) is 0 Å². The van der Waals surface area contributed by atoms with Crippen LogP contribution in [-0.4, -0.2) is 37.5 Å². The molecule has 2 N–H and O–H groups in total. The van der Waals surface area contributed by atoms with E-state index in [0.29, 0.717) is 6.61 Å². The van der Waals surface area contributed by atoms with Crippen molar-refractivity contribution >= 4 is 0 Å². The Morgan fingerprint density at radius 2 is 2.43 bits per heavy atom. The first kappa shape index (κ1) is 12.0. The van der Waals surface area contributed by atoms with Crippen LogP contribution in [0.5, 0.6) is 0 Å². The molecule has 1 aliphatic rings. The molecule has 0 spiro atoms. The zero-order valence-electron chi connectivity index (χ0n) is 9.17. The molecule has 0 amide bonds. The lowest BCUT2D eigenvalue weighted by Crippen LogP contribution is -2.30. The SMILES string of the molecule is CCC(O)COCCC1CCCNC1. The van der Waals surface area contributed by atoms with Crippen molar-refractivity contribution in [1.29, 1.82) is 0 Å². The molecule has 84 valence electrons. The third-order valence-electron chi connectivity index (χ3n) is 2.85. The Bertz CT molecular complexity index is 135. The van der Waals surface area contributed by atoms with E-state index in [1.54, 1.807) is 0 Å². The molecule has 0 aromatic rings. The molecule has 0 radical (unpaired) electrons. The highest BCUT2D eigenvalue weighted by Crippen LogP contribution is 2.13. The summed E-state index contributed by atoms with van der Waals surface area (Å²) in [4.78, 5) is 0. The van der Waals surface area contributed by atoms with Crippen molar-refractivity contribution in [3.8, 4) is 0 Å². The van der Waals surface area contributed by atoms with Gasteiger partial charge in [0.1, 0.15) is 0 Å². The fraction of sp³-hybridized carbons (Fsp3) is 1.00. The maximum Gasteiger partial charge on any atom is 0.0771 e. The Kier molecular flexibility index (Phi) is 6.15. The lowest BCUT2D eigenvalue weighted by molar-refractivity contribution is 0.0287. The van der Waals surface area contributed by atoms with E-state index in [1.807, 2.05) is 6.92 Å². The second-order valence-corrected chi connectivity index (χ2v) is 4.14. The van der Waals surface area contributed by atoms with Crippen molar-refractivity contribution in [2.75, 3.05) is 26.3 Å². The first-order valence-corrected chi connectivity index (χ1v) is 5.79. The van der Waals surface area contributed by atoms with Crippen LogP contribution in [0.25, 0.3) is 0 Å². The average molecular weight is 201 g/mol. The van der Waals surface area contributed by atoms with E-state index in [-0.39, 0.29) is 6.10 Å². The lowest BCUT2D eigenvalue weighted by atomic mass is 9.97. The van der Waals surface area contributed by atoms with Crippen LogP contribution in [0.2, 0.25) is 0 Å². The second kappa shape index (κ2) is 7.21. The van der Waals surface area contributed by atoms with Crippen molar-refractivity contribution in [2.45, 2.75) is 38.7 Å². The van der Waals surface area contributed by atoms with Crippen LogP contribution in [0.4, 0.5) is 0 Å². The Balaban J connectivity index is 1.92. The maximum absolute atomic E-state index is 9.26. The van der Waals surface area contributed by atoms with Crippen LogP contribution in [0.3, 0.4) is 0 Å². The van der Waals surface area contributed by atoms with Crippen LogP contribution in [0.15, 0.2) is 0 Å². The van der Waals surface area contributed by atoms with Crippen molar-refractivity contribution in [1.82, 2.24) is 5.32 Å². The van der Waals surface area contributed by atoms with Crippen molar-refractivity contribution in [2.24, 2.45) is 5.92 Å². The molecule has 1 aliphatic heterocycles. The van der Waals surface area contributed by atoms with Crippen LogP contribution < -0.4 is 5.32 Å². The molecule has 0 aromatic heterocycles. The van der Waals surface area contributed by atoms with Crippen LogP contribution in [0.1, 0.15) is 32.6 Å². The van der Waals surface area contributed by atoms with Crippen LogP contribution in [-0.2, 0) is 4.74 Å². The zero-order valence-corrected chi connectivity index (χ0v) is 9.17. The third-order valence-corrected chi connectivity index (χ3v) is 2.85. The quantitative estimate of drug-likeness (QED) is 0.634. The molecular formula is C11H23NO2. The highest BCUT2D eigenvalue weighted by molar-refractivity contribution is 4.68. The zero-order chi connectivity index (χ0) is 10.2. The Morgan fingerprint density at radius 3 is 3.07 bits per heavy atom. The minimum atomic E-state index is -0.278. The number of piperidine rings is 1. The van der Waals surface area contributed by atoms with Crippen LogP contribution >= 0.6 is 0 Å². The largest absolute Gasteiger partial charge is 0.391 e. The molecule has 2 unspecified atom stereocenters. The molecular weight excluding hydrogens is 178 g/mol. The maximum atomic E-state index is 9.26. The summed E-state index contributed by atoms with van der Waals surface area (Å²) in [5.41, 5.74) is 0. The number of rotatable bonds is 6. The summed E-state index contributed by atoms with van der Waals surface area (Å²) >= 11 is 0. The van der Waals surface area contributed by atoms with E-state index in [4.69, 9.17) is 4.74 Å². The van der Waals surface area contributed by atoms with Gasteiger partial charge in [-0.3, -0.25) is 0 Å². The van der Waals surface area contributed by atoms with Gasteiger partial charge in [0.25, 0.3) is 0 Å². The van der Waals surface area contributed by atoms with E-state index >= 15 is 0 Å². The van der Waals surface area contributed by atoms with E-state index in [2.05, 4.69) is 5.32 Å². The Morgan fingerprint density at radius 1 is 1.57 bits per heavy atom. The molecule has 0 saturated carbocycles. The number of hydrogen-bond acceptors (Lipinski definition) is 3. The number of hydrogen-bond donors (Lipinski definition) is 2. The first-order chi connectivity index (χ1) is 6.83. The molecule has 0 aliphatic carbocycles. The summed E-state index contributed by atoms with van der Waals surface area (Å²) in [6.07, 6.45) is 4.25. The van der Waals surface area contributed by atoms with Crippen molar-refractivity contribution < 1.29 is 9.84 Å².